The monoisotopic (exact) mass is 687 g/mol. The van der Waals surface area contributed by atoms with E-state index in [1.165, 1.54) is 0 Å². The fourth-order valence-electron chi connectivity index (χ4n) is 7.88. The molecule has 3 aliphatic heterocycles. The van der Waals surface area contributed by atoms with Gasteiger partial charge in [0.05, 0.1) is 0 Å². The molecule has 0 N–H and O–H groups in total. The summed E-state index contributed by atoms with van der Waals surface area (Å²) in [7, 11) is 0. The predicted molar refractivity (Wildman–Crippen MR) is 200 cm³/mol. The van der Waals surface area contributed by atoms with Crippen molar-refractivity contribution < 1.29 is 27.5 Å². The van der Waals surface area contributed by atoms with E-state index in [0.717, 1.165) is 55.6 Å². The number of aromatic nitrogens is 2. The molecule has 10 aromatic rings. The summed E-state index contributed by atoms with van der Waals surface area (Å²) in [5.41, 5.74) is 10.1. The molecule has 0 atom stereocenters. The number of ether oxygens (including phenoxy) is 3. The van der Waals surface area contributed by atoms with E-state index in [9.17, 15) is 0 Å². The van der Waals surface area contributed by atoms with Gasteiger partial charge in [-0.25, -0.2) is 9.97 Å². The second-order valence-electron chi connectivity index (χ2n) is 13.4. The van der Waals surface area contributed by atoms with E-state index in [4.69, 9.17) is 37.4 Å². The molecule has 13 rings (SSSR count). The molecule has 0 aliphatic carbocycles. The smallest absolute Gasteiger partial charge is 0.227 e. The van der Waals surface area contributed by atoms with E-state index >= 15 is 0 Å². The first kappa shape index (κ1) is 27.2. The molecule has 0 amide bonds. The Balaban J connectivity index is 1.04. The highest BCUT2D eigenvalue weighted by Crippen LogP contribution is 2.69. The zero-order chi connectivity index (χ0) is 34.4. The molecular formula is C44H21N3O6. The van der Waals surface area contributed by atoms with E-state index in [1.54, 1.807) is 0 Å². The molecule has 9 heteroatoms. The van der Waals surface area contributed by atoms with E-state index in [0.29, 0.717) is 74.2 Å². The molecule has 0 radical (unpaired) electrons. The van der Waals surface area contributed by atoms with E-state index in [2.05, 4.69) is 17.0 Å². The molecule has 6 heterocycles. The third-order valence-corrected chi connectivity index (χ3v) is 10.2. The van der Waals surface area contributed by atoms with Crippen LogP contribution >= 0.6 is 0 Å². The van der Waals surface area contributed by atoms with Gasteiger partial charge in [0.1, 0.15) is 33.7 Å². The first-order chi connectivity index (χ1) is 26.2. The number of para-hydroxylation sites is 3. The molecule has 3 aromatic heterocycles. The maximum Gasteiger partial charge on any atom is 0.227 e. The maximum absolute atomic E-state index is 6.81. The summed E-state index contributed by atoms with van der Waals surface area (Å²) in [5.74, 6) is 4.39. The SMILES string of the molecule is c1ccc(-c2ccc3oc(-c4cc5c6c(c4)Oc4cc7c(oc8ccccc87)c7c4N6c4c(cc(-c6nc8ccccc8o6)cc4O7)O5)nc3c2)cc1. The van der Waals surface area contributed by atoms with Crippen LogP contribution in [0.25, 0.3) is 78.2 Å². The number of furan rings is 1. The topological polar surface area (TPSA) is 96.1 Å². The lowest BCUT2D eigenvalue weighted by Crippen LogP contribution is -2.24. The predicted octanol–water partition coefficient (Wildman–Crippen LogP) is 12.7. The molecule has 0 spiro atoms. The minimum atomic E-state index is 0.452. The van der Waals surface area contributed by atoms with Gasteiger partial charge in [-0.15, -0.1) is 0 Å². The summed E-state index contributed by atoms with van der Waals surface area (Å²) in [5, 5.41) is 1.85. The average molecular weight is 688 g/mol. The lowest BCUT2D eigenvalue weighted by molar-refractivity contribution is 0.417. The molecule has 0 bridgehead atoms. The fraction of sp³-hybridized carbons (Fsp3) is 0. The Labute approximate surface area is 298 Å². The largest absolute Gasteiger partial charge is 0.453 e. The van der Waals surface area contributed by atoms with E-state index in [1.807, 2.05) is 115 Å². The number of rotatable bonds is 3. The van der Waals surface area contributed by atoms with E-state index < -0.39 is 0 Å². The molecule has 53 heavy (non-hydrogen) atoms. The molecule has 7 aromatic carbocycles. The van der Waals surface area contributed by atoms with Gasteiger partial charge in [0, 0.05) is 21.9 Å². The second-order valence-corrected chi connectivity index (χ2v) is 13.4. The van der Waals surface area contributed by atoms with Crippen LogP contribution in [-0.2, 0) is 0 Å². The number of hydrogen-bond donors (Lipinski definition) is 0. The van der Waals surface area contributed by atoms with Crippen molar-refractivity contribution in [2.45, 2.75) is 0 Å². The minimum absolute atomic E-state index is 0.452. The van der Waals surface area contributed by atoms with Crippen molar-refractivity contribution in [2.75, 3.05) is 4.90 Å². The number of benzene rings is 7. The van der Waals surface area contributed by atoms with Crippen LogP contribution < -0.4 is 19.1 Å². The number of fused-ring (bicyclic) bond motifs is 6. The van der Waals surface area contributed by atoms with Gasteiger partial charge in [0.25, 0.3) is 0 Å². The third kappa shape index (κ3) is 3.69. The van der Waals surface area contributed by atoms with Gasteiger partial charge in [-0.2, -0.15) is 0 Å². The van der Waals surface area contributed by atoms with Gasteiger partial charge in [-0.05, 0) is 71.8 Å². The summed E-state index contributed by atoms with van der Waals surface area (Å²) >= 11 is 0. The summed E-state index contributed by atoms with van der Waals surface area (Å²) < 4.78 is 39.4. The Hall–Kier alpha value is -7.52. The normalized spacial score (nSPS) is 13.3. The van der Waals surface area contributed by atoms with Gasteiger partial charge >= 0.3 is 0 Å². The van der Waals surface area contributed by atoms with Gasteiger partial charge in [-0.1, -0.05) is 66.7 Å². The van der Waals surface area contributed by atoms with Crippen LogP contribution in [0.5, 0.6) is 34.5 Å². The van der Waals surface area contributed by atoms with Crippen LogP contribution in [-0.4, -0.2) is 9.97 Å². The van der Waals surface area contributed by atoms with Crippen molar-refractivity contribution in [3.8, 4) is 68.5 Å². The number of hydrogen-bond acceptors (Lipinski definition) is 9. The quantitative estimate of drug-likeness (QED) is 0.180. The van der Waals surface area contributed by atoms with Gasteiger partial charge < -0.3 is 27.5 Å². The van der Waals surface area contributed by atoms with Crippen LogP contribution in [0.1, 0.15) is 0 Å². The average Bonchev–Trinajstić information content (AvgIpc) is 3.93. The summed E-state index contributed by atoms with van der Waals surface area (Å²) in [6.45, 7) is 0. The lowest BCUT2D eigenvalue weighted by Gasteiger charge is -2.41. The zero-order valence-electron chi connectivity index (χ0n) is 27.4. The Morgan fingerprint density at radius 2 is 1.00 bits per heavy atom. The Kier molecular flexibility index (Phi) is 4.94. The van der Waals surface area contributed by atoms with Crippen LogP contribution in [0.4, 0.5) is 17.1 Å². The standard InChI is InChI=1S/C44H21N3O6/c1-2-8-22(9-3-1)23-14-15-32-29(16-23)46-44(53-32)24-17-33-38-34(18-24)49-37-21-27-26-10-4-6-12-30(26)50-41(27)42-40(37)47(38)39-35(48-33)19-25(20-36(39)51-42)43-45-28-11-5-7-13-31(28)52-43/h1-21H. The first-order valence-corrected chi connectivity index (χ1v) is 17.2. The first-order valence-electron chi connectivity index (χ1n) is 17.2. The highest BCUT2D eigenvalue weighted by atomic mass is 16.5. The number of oxazole rings is 2. The Morgan fingerprint density at radius 1 is 0.396 bits per heavy atom. The Morgan fingerprint density at radius 3 is 1.74 bits per heavy atom. The molecule has 248 valence electrons. The zero-order valence-corrected chi connectivity index (χ0v) is 27.4. The van der Waals surface area contributed by atoms with Crippen molar-refractivity contribution in [1.29, 1.82) is 0 Å². The molecule has 3 aliphatic rings. The van der Waals surface area contributed by atoms with Crippen molar-refractivity contribution in [2.24, 2.45) is 0 Å². The van der Waals surface area contributed by atoms with Gasteiger partial charge in [0.15, 0.2) is 51.2 Å². The summed E-state index contributed by atoms with van der Waals surface area (Å²) in [4.78, 5) is 11.9. The van der Waals surface area contributed by atoms with Crippen molar-refractivity contribution in [3.05, 3.63) is 127 Å². The van der Waals surface area contributed by atoms with Crippen molar-refractivity contribution in [3.63, 3.8) is 0 Å². The van der Waals surface area contributed by atoms with Gasteiger partial charge in [-0.3, -0.25) is 4.90 Å². The third-order valence-electron chi connectivity index (χ3n) is 10.2. The number of anilines is 3. The minimum Gasteiger partial charge on any atom is -0.453 e. The second kappa shape index (κ2) is 9.62. The van der Waals surface area contributed by atoms with Crippen LogP contribution in [0.15, 0.2) is 141 Å². The molecule has 0 unspecified atom stereocenters. The van der Waals surface area contributed by atoms with Crippen molar-refractivity contribution in [1.82, 2.24) is 9.97 Å². The lowest BCUT2D eigenvalue weighted by atomic mass is 10.0. The summed E-state index contributed by atoms with van der Waals surface area (Å²) in [6.07, 6.45) is 0. The highest BCUT2D eigenvalue weighted by molar-refractivity contribution is 6.13. The Bertz CT molecular complexity index is 3200. The van der Waals surface area contributed by atoms with Gasteiger partial charge in [0.2, 0.25) is 11.8 Å². The maximum atomic E-state index is 6.81. The molecule has 0 saturated carbocycles. The fourth-order valence-corrected chi connectivity index (χ4v) is 7.88. The highest BCUT2D eigenvalue weighted by Gasteiger charge is 2.44. The molecule has 0 saturated heterocycles. The molecule has 9 nitrogen and oxygen atoms in total. The van der Waals surface area contributed by atoms with E-state index in [-0.39, 0.29) is 0 Å². The summed E-state index contributed by atoms with van der Waals surface area (Å²) in [6, 6.07) is 41.7. The van der Waals surface area contributed by atoms with Crippen LogP contribution in [0.2, 0.25) is 0 Å². The van der Waals surface area contributed by atoms with Crippen LogP contribution in [0, 0.1) is 0 Å². The number of nitrogens with zero attached hydrogens (tertiary/aromatic N) is 3. The molecular weight excluding hydrogens is 666 g/mol. The van der Waals surface area contributed by atoms with Crippen LogP contribution in [0.3, 0.4) is 0 Å². The van der Waals surface area contributed by atoms with Crippen molar-refractivity contribution >= 4 is 61.2 Å². The molecule has 0 fully saturated rings.